The third-order valence-corrected chi connectivity index (χ3v) is 22.0. The number of carbonyl (C=O) groups is 8. The van der Waals surface area contributed by atoms with E-state index in [9.17, 15) is 73.5 Å². The fraction of sp³-hybridized carbons (Fsp3) is 0.422. The number of Topliss-reactive ketones (excluding diaryl/α,β-unsaturated/α-hetero) is 4. The van der Waals surface area contributed by atoms with Gasteiger partial charge in [-0.15, -0.1) is 0 Å². The van der Waals surface area contributed by atoms with Crippen LogP contribution >= 0.6 is 0 Å². The number of carbonyl (C=O) groups excluding carboxylic acids is 8. The molecule has 6 N–H and O–H groups in total. The Balaban J connectivity index is 0.000000131. The van der Waals surface area contributed by atoms with Gasteiger partial charge < -0.3 is 25.3 Å². The number of hydrogen-bond acceptors (Lipinski definition) is 21. The van der Waals surface area contributed by atoms with Crippen LogP contribution in [0.5, 0.6) is 0 Å². The summed E-state index contributed by atoms with van der Waals surface area (Å²) in [7, 11) is 0. The van der Waals surface area contributed by atoms with Gasteiger partial charge >= 0.3 is 36.5 Å². The molecule has 0 aromatic carbocycles. The smallest absolute Gasteiger partial charge is 0.366 e. The maximum atomic E-state index is 13.4. The normalized spacial score (nSPS) is 18.8. The number of nitrogens with one attached hydrogen (secondary N) is 4. The molecule has 17 rings (SSSR count). The summed E-state index contributed by atoms with van der Waals surface area (Å²) >= 11 is 0. The predicted molar refractivity (Wildman–Crippen MR) is 434 cm³/mol. The van der Waals surface area contributed by atoms with E-state index in [0.29, 0.717) is 103 Å². The molecule has 120 heavy (non-hydrogen) atoms. The number of aromatic nitrogens is 8. The molecule has 16 heterocycles. The highest BCUT2D eigenvalue weighted by molar-refractivity contribution is 6.09. The first-order valence-corrected chi connectivity index (χ1v) is 39.7. The molecule has 0 radical (unpaired) electrons. The van der Waals surface area contributed by atoms with Crippen molar-refractivity contribution in [1.82, 2.24) is 39.9 Å². The van der Waals surface area contributed by atoms with Crippen molar-refractivity contribution in [1.29, 1.82) is 0 Å². The summed E-state index contributed by atoms with van der Waals surface area (Å²) in [5, 5.41) is 11.1. The molecule has 9 aliphatic rings. The molecule has 6 atom stereocenters. The fourth-order valence-corrected chi connectivity index (χ4v) is 15.9. The maximum absolute atomic E-state index is 13.4. The summed E-state index contributed by atoms with van der Waals surface area (Å²) in [6.45, 7) is 12.7. The lowest BCUT2D eigenvalue weighted by molar-refractivity contribution is -0.179. The molecule has 1 aliphatic carbocycles. The molecule has 8 bridgehead atoms. The zero-order chi connectivity index (χ0) is 85.1. The van der Waals surface area contributed by atoms with Crippen molar-refractivity contribution < 1.29 is 73.5 Å². The number of ketones is 4. The number of urea groups is 4. The predicted octanol–water partition coefficient (Wildman–Crippen LogP) is 14.7. The quantitative estimate of drug-likeness (QED) is 0.0393. The molecule has 5 fully saturated rings. The largest absolute Gasteiger partial charge is 0.403 e. The molecule has 0 unspecified atom stereocenters. The third kappa shape index (κ3) is 19.6. The summed E-state index contributed by atoms with van der Waals surface area (Å²) in [6, 6.07) is 30.2. The van der Waals surface area contributed by atoms with E-state index in [1.54, 1.807) is 132 Å². The first-order chi connectivity index (χ1) is 57.2. The van der Waals surface area contributed by atoms with Gasteiger partial charge in [-0.25, -0.2) is 67.8 Å². The van der Waals surface area contributed by atoms with Gasteiger partial charge in [0.05, 0.1) is 52.8 Å². The Labute approximate surface area is 684 Å². The topological polar surface area (TPSA) is 340 Å². The summed E-state index contributed by atoms with van der Waals surface area (Å²) in [5.41, 5.74) is 8.49. The number of pyridine rings is 8. The zero-order valence-electron chi connectivity index (χ0n) is 66.1. The molecule has 8 amide bonds. The van der Waals surface area contributed by atoms with E-state index < -0.39 is 84.8 Å². The van der Waals surface area contributed by atoms with Crippen molar-refractivity contribution in [3.8, 4) is 0 Å². The van der Waals surface area contributed by atoms with E-state index in [2.05, 4.69) is 80.7 Å². The van der Waals surface area contributed by atoms with Crippen LogP contribution in [0.2, 0.25) is 0 Å². The Hall–Kier alpha value is -12.4. The van der Waals surface area contributed by atoms with E-state index in [1.165, 1.54) is 21.9 Å². The lowest BCUT2D eigenvalue weighted by atomic mass is 9.89. The van der Waals surface area contributed by atoms with Crippen LogP contribution < -0.4 is 66.2 Å². The molecule has 37 heteroatoms. The number of anilines is 12. The van der Waals surface area contributed by atoms with Crippen LogP contribution in [0.25, 0.3) is 0 Å². The minimum absolute atomic E-state index is 0.00580. The van der Waals surface area contributed by atoms with Crippen LogP contribution in [0.1, 0.15) is 147 Å². The van der Waals surface area contributed by atoms with E-state index in [4.69, 9.17) is 5.73 Å². The SMILES string of the molecule is CC(C)(C)CC(=O)c1ccc2c(n1)N(C(=O)Nc1ccccn1)[C@H]1CCN2C1.CC(F)(F)CCC(=O)c1ccc2c(n1)N(C(=O)Nc1ccccn1)[C@H]1CCN2C1.N[C@@H](CCC(=O)c1ccc2c(n1)N(C(=O)Nc1ccccn1)[C@H]1CCN2C1)C(F)(F)F.O=C(C[C@H](C1CC1)C(F)(F)F)c1ccc2c(n1)N(C(=O)Nc1ccccn1)[C@H]1CCN2C1. The second-order valence-corrected chi connectivity index (χ2v) is 32.1. The van der Waals surface area contributed by atoms with Crippen molar-refractivity contribution in [2.45, 2.75) is 153 Å². The highest BCUT2D eigenvalue weighted by Crippen LogP contribution is 2.49. The van der Waals surface area contributed by atoms with Gasteiger partial charge in [0.25, 0.3) is 0 Å². The van der Waals surface area contributed by atoms with Gasteiger partial charge in [-0.1, -0.05) is 45.0 Å². The van der Waals surface area contributed by atoms with Gasteiger partial charge in [-0.05, 0) is 160 Å². The Morgan fingerprint density at radius 3 is 0.983 bits per heavy atom. The maximum Gasteiger partial charge on any atom is 0.403 e. The van der Waals surface area contributed by atoms with Crippen molar-refractivity contribution in [3.63, 3.8) is 0 Å². The molecule has 0 spiro atoms. The molecular formula is C83H89F8N21O8. The zero-order valence-corrected chi connectivity index (χ0v) is 66.1. The molecule has 1 saturated carbocycles. The van der Waals surface area contributed by atoms with Crippen LogP contribution in [0.3, 0.4) is 0 Å². The van der Waals surface area contributed by atoms with Gasteiger partial charge in [-0.2, -0.15) is 26.3 Å². The Morgan fingerprint density at radius 2 is 0.708 bits per heavy atom. The number of alkyl halides is 8. The lowest BCUT2D eigenvalue weighted by Gasteiger charge is -2.35. The van der Waals surface area contributed by atoms with Crippen LogP contribution in [0.15, 0.2) is 146 Å². The number of nitrogens with zero attached hydrogens (tertiary/aromatic N) is 16. The van der Waals surface area contributed by atoms with E-state index in [1.807, 2.05) is 32.9 Å². The molecular weight excluding hydrogens is 1570 g/mol. The molecule has 630 valence electrons. The summed E-state index contributed by atoms with van der Waals surface area (Å²) in [6.07, 6.45) is -0.516. The summed E-state index contributed by atoms with van der Waals surface area (Å²) in [4.78, 5) is 152. The number of rotatable bonds is 18. The second kappa shape index (κ2) is 34.9. The van der Waals surface area contributed by atoms with Crippen molar-refractivity contribution >= 4 is 117 Å². The van der Waals surface area contributed by atoms with Crippen LogP contribution in [0, 0.1) is 17.3 Å². The number of nitrogens with two attached hydrogens (primary N) is 1. The molecule has 8 aromatic rings. The number of fused-ring (bicyclic) bond motifs is 16. The van der Waals surface area contributed by atoms with Crippen LogP contribution in [0.4, 0.5) is 124 Å². The Bertz CT molecular complexity index is 5130. The highest BCUT2D eigenvalue weighted by atomic mass is 19.4. The van der Waals surface area contributed by atoms with Gasteiger partial charge in [-0.3, -0.25) is 60.0 Å². The van der Waals surface area contributed by atoms with Gasteiger partial charge in [0, 0.05) is 109 Å². The summed E-state index contributed by atoms with van der Waals surface area (Å²) < 4.78 is 104. The molecule has 8 aliphatic heterocycles. The molecule has 29 nitrogen and oxygen atoms in total. The monoisotopic (exact) mass is 1660 g/mol. The second-order valence-electron chi connectivity index (χ2n) is 32.1. The first kappa shape index (κ1) is 84.0. The van der Waals surface area contributed by atoms with E-state index in [0.717, 1.165) is 76.7 Å². The van der Waals surface area contributed by atoms with Crippen LogP contribution in [-0.4, -0.2) is 188 Å². The van der Waals surface area contributed by atoms with Crippen molar-refractivity contribution in [2.75, 3.05) is 113 Å². The number of amides is 8. The Morgan fingerprint density at radius 1 is 0.400 bits per heavy atom. The van der Waals surface area contributed by atoms with E-state index in [-0.39, 0.29) is 77.4 Å². The molecule has 4 saturated heterocycles. The van der Waals surface area contributed by atoms with Gasteiger partial charge in [0.2, 0.25) is 5.92 Å². The average molecular weight is 1660 g/mol. The van der Waals surface area contributed by atoms with Gasteiger partial charge in [0.15, 0.2) is 46.4 Å². The van der Waals surface area contributed by atoms with E-state index >= 15 is 0 Å². The minimum atomic E-state index is -4.56. The minimum Gasteiger partial charge on any atom is -0.366 e. The standard InChI is InChI=1S/C22H22F3N5O2.C21H25N5O2.C20H21F3N6O2.C20H21F2N5O2/c23-22(24,25)15(13-4-5-13)11-18(31)16-6-7-17-20(27-16)30(14-8-10-29(17)12-14)21(32)28-19-3-1-2-9-26-19;1-21(2,3)12-17(27)15-7-8-16-19(23-15)26(14-9-11-25(16)13-14)20(28)24-18-6-4-5-10-22-18;21-20(22,23)16(24)7-6-15(30)13-4-5-14-18(26-13)29(12-8-10-28(14)11-12)19(31)27-17-3-1-2-9-25-17;1-20(21,22)9-7-16(28)14-5-6-15-18(24-14)27(13-8-11-26(15)12-13)19(29)25-17-4-2-3-10-23-17/h1-3,6-7,9,13-15H,4-5,8,10-12H2,(H,26,28,32);4-8,10,14H,9,11-13H2,1-3H3,(H,22,24,28);1-5,9,12,16H,6-8,10-11,24H2,(H,25,27,31);2-6,10,13H,7-9,11-12H2,1H3,(H,23,25,29)/t14-,15+;14-;12-,16-;13-/m0000/s1. The highest BCUT2D eigenvalue weighted by Gasteiger charge is 2.51. The van der Waals surface area contributed by atoms with Crippen molar-refractivity contribution in [2.24, 2.45) is 23.0 Å². The fourth-order valence-electron chi connectivity index (χ4n) is 15.9. The molecule has 8 aromatic heterocycles. The number of hydrogen-bond donors (Lipinski definition) is 5. The first-order valence-electron chi connectivity index (χ1n) is 39.7. The number of halogens is 8. The lowest BCUT2D eigenvalue weighted by Crippen LogP contribution is -2.48. The third-order valence-electron chi connectivity index (χ3n) is 22.0. The van der Waals surface area contributed by atoms with Crippen molar-refractivity contribution in [3.05, 3.63) is 169 Å². The van der Waals surface area contributed by atoms with Crippen LogP contribution in [-0.2, 0) is 0 Å². The average Bonchev–Trinajstić information content (AvgIpc) is 1.59. The van der Waals surface area contributed by atoms with Gasteiger partial charge in [0.1, 0.15) is 52.1 Å². The Kier molecular flexibility index (Phi) is 24.4. The summed E-state index contributed by atoms with van der Waals surface area (Å²) in [5.74, 6) is -3.51.